The van der Waals surface area contributed by atoms with E-state index in [9.17, 15) is 4.79 Å². The third-order valence-electron chi connectivity index (χ3n) is 1.96. The van der Waals surface area contributed by atoms with Gasteiger partial charge in [0.2, 0.25) is 0 Å². The van der Waals surface area contributed by atoms with Gasteiger partial charge in [0.15, 0.2) is 0 Å². The van der Waals surface area contributed by atoms with Gasteiger partial charge >= 0.3 is 5.97 Å². The molecule has 1 N–H and O–H groups in total. The number of hydrogen-bond acceptors (Lipinski definition) is 4. The molecule has 0 aromatic rings. The van der Waals surface area contributed by atoms with Gasteiger partial charge in [0.05, 0.1) is 7.11 Å². The number of carbonyl (C=O) groups excluding carboxylic acids is 1. The molecule has 0 heterocycles. The molecule has 13 heavy (non-hydrogen) atoms. The minimum absolute atomic E-state index is 0.195. The molecule has 2 atom stereocenters. The first-order valence-electron chi connectivity index (χ1n) is 4.45. The van der Waals surface area contributed by atoms with Gasteiger partial charge in [-0.15, -0.1) is 0 Å². The van der Waals surface area contributed by atoms with Crippen molar-refractivity contribution in [3.05, 3.63) is 0 Å². The van der Waals surface area contributed by atoms with Crippen LogP contribution in [0.25, 0.3) is 0 Å². The molecule has 0 aliphatic heterocycles. The lowest BCUT2D eigenvalue weighted by molar-refractivity contribution is -0.142. The number of rotatable bonds is 6. The Labute approximate surface area is 84.6 Å². The van der Waals surface area contributed by atoms with Crippen LogP contribution in [0.1, 0.15) is 20.3 Å². The van der Waals surface area contributed by atoms with Crippen molar-refractivity contribution in [2.45, 2.75) is 31.6 Å². The number of carbonyl (C=O) groups is 1. The molecule has 3 nitrogen and oxygen atoms in total. The topological polar surface area (TPSA) is 38.3 Å². The average molecular weight is 205 g/mol. The molecule has 0 rings (SSSR count). The third-order valence-corrected chi connectivity index (χ3v) is 3.00. The summed E-state index contributed by atoms with van der Waals surface area (Å²) in [4.78, 5) is 11.0. The zero-order chi connectivity index (χ0) is 10.3. The summed E-state index contributed by atoms with van der Waals surface area (Å²) in [6.45, 7) is 4.85. The van der Waals surface area contributed by atoms with E-state index in [1.165, 1.54) is 7.11 Å². The molecule has 0 saturated carbocycles. The lowest BCUT2D eigenvalue weighted by Gasteiger charge is -2.13. The summed E-state index contributed by atoms with van der Waals surface area (Å²) in [6.07, 6.45) is 3.16. The summed E-state index contributed by atoms with van der Waals surface area (Å²) in [7, 11) is 1.41. The fourth-order valence-corrected chi connectivity index (χ4v) is 1.23. The van der Waals surface area contributed by atoms with Crippen LogP contribution in [-0.4, -0.2) is 37.2 Å². The zero-order valence-electron chi connectivity index (χ0n) is 8.79. The van der Waals surface area contributed by atoms with Gasteiger partial charge in [-0.1, -0.05) is 6.92 Å². The van der Waals surface area contributed by atoms with Crippen molar-refractivity contribution >= 4 is 17.7 Å². The highest BCUT2D eigenvalue weighted by atomic mass is 32.2. The first kappa shape index (κ1) is 12.8. The molecule has 0 amide bonds. The third kappa shape index (κ3) is 5.93. The van der Waals surface area contributed by atoms with Crippen LogP contribution in [-0.2, 0) is 9.53 Å². The van der Waals surface area contributed by atoms with Crippen LogP contribution in [0.5, 0.6) is 0 Å². The van der Waals surface area contributed by atoms with Crippen LogP contribution in [0, 0.1) is 0 Å². The van der Waals surface area contributed by atoms with E-state index in [2.05, 4.69) is 23.2 Å². The van der Waals surface area contributed by atoms with Gasteiger partial charge in [-0.3, -0.25) is 4.79 Å². The quantitative estimate of drug-likeness (QED) is 0.663. The summed E-state index contributed by atoms with van der Waals surface area (Å²) in [6, 6.07) is -0.195. The number of hydrogen-bond donors (Lipinski definition) is 1. The van der Waals surface area contributed by atoms with E-state index in [4.69, 9.17) is 0 Å². The van der Waals surface area contributed by atoms with E-state index in [-0.39, 0.29) is 12.0 Å². The molecule has 0 aliphatic rings. The molecule has 0 saturated heterocycles. The Balaban J connectivity index is 3.47. The summed E-state index contributed by atoms with van der Waals surface area (Å²) >= 11 is 1.83. The highest BCUT2D eigenvalue weighted by Gasteiger charge is 2.11. The van der Waals surface area contributed by atoms with Crippen molar-refractivity contribution in [1.29, 1.82) is 0 Å². The second-order valence-corrected chi connectivity index (χ2v) is 4.31. The molecule has 0 aliphatic carbocycles. The van der Waals surface area contributed by atoms with Crippen molar-refractivity contribution in [2.24, 2.45) is 0 Å². The standard InChI is InChI=1S/C9H19NO2S/c1-7(13-4)5-6-10-8(2)9(11)12-3/h7-8,10H,5-6H2,1-4H3. The summed E-state index contributed by atoms with van der Waals surface area (Å²) in [5, 5.41) is 3.75. The van der Waals surface area contributed by atoms with Crippen molar-refractivity contribution < 1.29 is 9.53 Å². The SMILES string of the molecule is COC(=O)C(C)NCCC(C)SC. The number of ether oxygens (including phenoxy) is 1. The molecule has 0 fully saturated rings. The first-order valence-corrected chi connectivity index (χ1v) is 5.74. The fourth-order valence-electron chi connectivity index (χ4n) is 0.881. The van der Waals surface area contributed by atoms with Crippen LogP contribution in [0.2, 0.25) is 0 Å². The second-order valence-electron chi connectivity index (χ2n) is 3.03. The number of methoxy groups -OCH3 is 1. The largest absolute Gasteiger partial charge is 0.468 e. The Morgan fingerprint density at radius 2 is 2.15 bits per heavy atom. The van der Waals surface area contributed by atoms with Gasteiger partial charge in [0.1, 0.15) is 6.04 Å². The predicted octanol–water partition coefficient (Wildman–Crippen LogP) is 1.28. The normalized spacial score (nSPS) is 15.1. The highest BCUT2D eigenvalue weighted by molar-refractivity contribution is 7.99. The lowest BCUT2D eigenvalue weighted by atomic mass is 10.3. The van der Waals surface area contributed by atoms with Crippen molar-refractivity contribution in [3.63, 3.8) is 0 Å². The van der Waals surface area contributed by atoms with Gasteiger partial charge in [-0.2, -0.15) is 11.8 Å². The lowest BCUT2D eigenvalue weighted by Crippen LogP contribution is -2.36. The molecule has 0 aromatic heterocycles. The van der Waals surface area contributed by atoms with E-state index in [0.717, 1.165) is 13.0 Å². The monoisotopic (exact) mass is 205 g/mol. The minimum Gasteiger partial charge on any atom is -0.468 e. The van der Waals surface area contributed by atoms with Crippen LogP contribution < -0.4 is 5.32 Å². The molecular formula is C9H19NO2S. The Morgan fingerprint density at radius 1 is 1.54 bits per heavy atom. The summed E-state index contributed by atoms with van der Waals surface area (Å²) in [5.41, 5.74) is 0. The van der Waals surface area contributed by atoms with E-state index < -0.39 is 0 Å². The molecule has 0 aromatic carbocycles. The summed E-state index contributed by atoms with van der Waals surface area (Å²) < 4.78 is 4.59. The Hall–Kier alpha value is -0.220. The van der Waals surface area contributed by atoms with Crippen LogP contribution in [0.15, 0.2) is 0 Å². The van der Waals surface area contributed by atoms with Crippen LogP contribution >= 0.6 is 11.8 Å². The van der Waals surface area contributed by atoms with Gasteiger partial charge in [0, 0.05) is 5.25 Å². The van der Waals surface area contributed by atoms with Gasteiger partial charge in [-0.05, 0) is 26.1 Å². The molecule has 78 valence electrons. The second kappa shape index (κ2) is 7.21. The van der Waals surface area contributed by atoms with E-state index in [1.807, 2.05) is 18.7 Å². The first-order chi connectivity index (χ1) is 6.11. The highest BCUT2D eigenvalue weighted by Crippen LogP contribution is 2.08. The van der Waals surface area contributed by atoms with Crippen LogP contribution in [0.4, 0.5) is 0 Å². The van der Waals surface area contributed by atoms with Crippen molar-refractivity contribution in [1.82, 2.24) is 5.32 Å². The van der Waals surface area contributed by atoms with Crippen molar-refractivity contribution in [3.8, 4) is 0 Å². The Bertz CT molecular complexity index is 153. The summed E-state index contributed by atoms with van der Waals surface area (Å²) in [5.74, 6) is -0.197. The number of nitrogens with one attached hydrogen (secondary N) is 1. The minimum atomic E-state index is -0.197. The molecular weight excluding hydrogens is 186 g/mol. The maximum atomic E-state index is 11.0. The maximum absolute atomic E-state index is 11.0. The molecule has 2 unspecified atom stereocenters. The average Bonchev–Trinajstić information content (AvgIpc) is 2.15. The Morgan fingerprint density at radius 3 is 2.62 bits per heavy atom. The fraction of sp³-hybridized carbons (Fsp3) is 0.889. The molecule has 0 bridgehead atoms. The smallest absolute Gasteiger partial charge is 0.322 e. The number of esters is 1. The number of thioether (sulfide) groups is 1. The van der Waals surface area contributed by atoms with Gasteiger partial charge in [-0.25, -0.2) is 0 Å². The van der Waals surface area contributed by atoms with Crippen molar-refractivity contribution in [2.75, 3.05) is 19.9 Å². The maximum Gasteiger partial charge on any atom is 0.322 e. The van der Waals surface area contributed by atoms with E-state index in [0.29, 0.717) is 5.25 Å². The molecule has 0 radical (unpaired) electrons. The molecule has 4 heteroatoms. The predicted molar refractivity (Wildman–Crippen MR) is 57.1 cm³/mol. The zero-order valence-corrected chi connectivity index (χ0v) is 9.61. The van der Waals surface area contributed by atoms with E-state index in [1.54, 1.807) is 0 Å². The van der Waals surface area contributed by atoms with E-state index >= 15 is 0 Å². The van der Waals surface area contributed by atoms with Gasteiger partial charge < -0.3 is 10.1 Å². The Kier molecular flexibility index (Phi) is 7.09. The van der Waals surface area contributed by atoms with Gasteiger partial charge in [0.25, 0.3) is 0 Å². The van der Waals surface area contributed by atoms with Crippen LogP contribution in [0.3, 0.4) is 0 Å². The molecule has 0 spiro atoms.